The van der Waals surface area contributed by atoms with Gasteiger partial charge in [-0.15, -0.1) is 0 Å². The fourth-order valence-electron chi connectivity index (χ4n) is 2.12. The Hall–Kier alpha value is -0.0800. The smallest absolute Gasteiger partial charge is 0.0625 e. The van der Waals surface area contributed by atoms with Gasteiger partial charge in [-0.1, -0.05) is 0 Å². The van der Waals surface area contributed by atoms with Crippen LogP contribution in [0.1, 0.15) is 12.8 Å². The molecule has 10 heavy (non-hydrogen) atoms. The lowest BCUT2D eigenvalue weighted by Crippen LogP contribution is -2.41. The Morgan fingerprint density at radius 1 is 1.40 bits per heavy atom. The van der Waals surface area contributed by atoms with Gasteiger partial charge < -0.3 is 9.64 Å². The van der Waals surface area contributed by atoms with Crippen LogP contribution in [-0.2, 0) is 4.74 Å². The first kappa shape index (κ1) is 6.62. The van der Waals surface area contributed by atoms with E-state index in [1.165, 1.54) is 19.4 Å². The Bertz CT molecular complexity index is 126. The van der Waals surface area contributed by atoms with Gasteiger partial charge >= 0.3 is 0 Å². The van der Waals surface area contributed by atoms with E-state index in [4.69, 9.17) is 4.74 Å². The number of rotatable bonds is 0. The van der Waals surface area contributed by atoms with Crippen LogP contribution in [0.2, 0.25) is 0 Å². The molecule has 0 aromatic heterocycles. The molecule has 0 saturated carbocycles. The van der Waals surface area contributed by atoms with Gasteiger partial charge in [-0.25, -0.2) is 0 Å². The monoisotopic (exact) mass is 141 g/mol. The first-order chi connectivity index (χ1) is 4.88. The number of likely N-dealkylation sites (tertiary alicyclic amines) is 1. The third-order valence-electron chi connectivity index (χ3n) is 2.82. The van der Waals surface area contributed by atoms with E-state index < -0.39 is 0 Å². The van der Waals surface area contributed by atoms with E-state index in [2.05, 4.69) is 11.9 Å². The second-order valence-corrected chi connectivity index (χ2v) is 3.49. The molecule has 2 fully saturated rings. The van der Waals surface area contributed by atoms with E-state index in [1.54, 1.807) is 0 Å². The van der Waals surface area contributed by atoms with Crippen molar-refractivity contribution in [2.45, 2.75) is 18.9 Å². The normalized spacial score (nSPS) is 41.7. The van der Waals surface area contributed by atoms with E-state index in [0.29, 0.717) is 0 Å². The minimum Gasteiger partial charge on any atom is -0.379 e. The molecule has 58 valence electrons. The molecule has 0 aromatic rings. The van der Waals surface area contributed by atoms with Crippen LogP contribution in [0.3, 0.4) is 0 Å². The maximum Gasteiger partial charge on any atom is 0.0625 e. The fourth-order valence-corrected chi connectivity index (χ4v) is 2.12. The van der Waals surface area contributed by atoms with Crippen molar-refractivity contribution in [1.82, 2.24) is 4.90 Å². The van der Waals surface area contributed by atoms with E-state index in [0.717, 1.165) is 25.2 Å². The molecule has 2 aliphatic heterocycles. The summed E-state index contributed by atoms with van der Waals surface area (Å²) in [7, 11) is 2.21. The maximum atomic E-state index is 5.42. The highest BCUT2D eigenvalue weighted by molar-refractivity contribution is 4.85. The third kappa shape index (κ3) is 0.956. The summed E-state index contributed by atoms with van der Waals surface area (Å²) in [5.74, 6) is 0.846. The molecule has 0 spiro atoms. The van der Waals surface area contributed by atoms with Crippen LogP contribution < -0.4 is 0 Å². The SMILES string of the molecule is CN1CCCC2COCC21. The Morgan fingerprint density at radius 2 is 2.30 bits per heavy atom. The highest BCUT2D eigenvalue weighted by Crippen LogP contribution is 2.27. The van der Waals surface area contributed by atoms with Crippen molar-refractivity contribution in [3.63, 3.8) is 0 Å². The summed E-state index contributed by atoms with van der Waals surface area (Å²) in [5.41, 5.74) is 0. The van der Waals surface area contributed by atoms with Crippen molar-refractivity contribution in [3.8, 4) is 0 Å². The number of nitrogens with zero attached hydrogens (tertiary/aromatic N) is 1. The molecule has 2 nitrogen and oxygen atoms in total. The third-order valence-corrected chi connectivity index (χ3v) is 2.82. The average molecular weight is 141 g/mol. The molecule has 2 rings (SSSR count). The van der Waals surface area contributed by atoms with Gasteiger partial charge in [-0.05, 0) is 26.4 Å². The minimum atomic E-state index is 0.744. The van der Waals surface area contributed by atoms with Gasteiger partial charge in [0.15, 0.2) is 0 Å². The molecule has 2 unspecified atom stereocenters. The van der Waals surface area contributed by atoms with Crippen LogP contribution >= 0.6 is 0 Å². The molecule has 2 aliphatic rings. The van der Waals surface area contributed by atoms with Crippen molar-refractivity contribution < 1.29 is 4.74 Å². The second kappa shape index (κ2) is 2.51. The predicted octanol–water partition coefficient (Wildman–Crippen LogP) is 0.727. The van der Waals surface area contributed by atoms with Crippen LogP contribution in [0.25, 0.3) is 0 Å². The first-order valence-electron chi connectivity index (χ1n) is 4.16. The zero-order valence-electron chi connectivity index (χ0n) is 6.55. The van der Waals surface area contributed by atoms with Crippen molar-refractivity contribution in [2.75, 3.05) is 26.8 Å². The molecule has 0 aromatic carbocycles. The van der Waals surface area contributed by atoms with Gasteiger partial charge in [0.25, 0.3) is 0 Å². The van der Waals surface area contributed by atoms with Gasteiger partial charge in [0.2, 0.25) is 0 Å². The molecule has 2 heterocycles. The summed E-state index contributed by atoms with van der Waals surface area (Å²) >= 11 is 0. The van der Waals surface area contributed by atoms with Gasteiger partial charge in [-0.3, -0.25) is 0 Å². The summed E-state index contributed by atoms with van der Waals surface area (Å²) in [6.45, 7) is 3.25. The second-order valence-electron chi connectivity index (χ2n) is 3.49. The van der Waals surface area contributed by atoms with Gasteiger partial charge in [0.05, 0.1) is 13.2 Å². The minimum absolute atomic E-state index is 0.744. The number of likely N-dealkylation sites (N-methyl/N-ethyl adjacent to an activating group) is 1. The summed E-state index contributed by atoms with van der Waals surface area (Å²) < 4.78 is 5.42. The van der Waals surface area contributed by atoms with Crippen molar-refractivity contribution in [1.29, 1.82) is 0 Å². The zero-order valence-corrected chi connectivity index (χ0v) is 6.55. The quantitative estimate of drug-likeness (QED) is 0.493. The lowest BCUT2D eigenvalue weighted by Gasteiger charge is -2.32. The van der Waals surface area contributed by atoms with Crippen molar-refractivity contribution in [2.24, 2.45) is 5.92 Å². The average Bonchev–Trinajstić information content (AvgIpc) is 2.36. The molecule has 2 saturated heterocycles. The van der Waals surface area contributed by atoms with Gasteiger partial charge in [0.1, 0.15) is 0 Å². The van der Waals surface area contributed by atoms with E-state index in [9.17, 15) is 0 Å². The number of ether oxygens (including phenoxy) is 1. The largest absolute Gasteiger partial charge is 0.379 e. The molecular formula is C8H15NO. The summed E-state index contributed by atoms with van der Waals surface area (Å²) in [6.07, 6.45) is 2.75. The number of fused-ring (bicyclic) bond motifs is 1. The molecule has 0 amide bonds. The highest BCUT2D eigenvalue weighted by Gasteiger charge is 2.33. The van der Waals surface area contributed by atoms with Crippen LogP contribution in [-0.4, -0.2) is 37.7 Å². The lowest BCUT2D eigenvalue weighted by molar-refractivity contribution is 0.146. The fraction of sp³-hybridized carbons (Fsp3) is 1.00. The predicted molar refractivity (Wildman–Crippen MR) is 40.0 cm³/mol. The lowest BCUT2D eigenvalue weighted by atomic mass is 9.93. The van der Waals surface area contributed by atoms with Crippen LogP contribution in [0, 0.1) is 5.92 Å². The molecule has 2 heteroatoms. The summed E-state index contributed by atoms with van der Waals surface area (Å²) in [4.78, 5) is 2.45. The Morgan fingerprint density at radius 3 is 3.10 bits per heavy atom. The van der Waals surface area contributed by atoms with Crippen molar-refractivity contribution >= 4 is 0 Å². The van der Waals surface area contributed by atoms with Crippen LogP contribution in [0.5, 0.6) is 0 Å². The van der Waals surface area contributed by atoms with E-state index in [-0.39, 0.29) is 0 Å². The summed E-state index contributed by atoms with van der Waals surface area (Å²) in [5, 5.41) is 0. The first-order valence-corrected chi connectivity index (χ1v) is 4.16. The molecule has 0 N–H and O–H groups in total. The van der Waals surface area contributed by atoms with Gasteiger partial charge in [0, 0.05) is 12.0 Å². The van der Waals surface area contributed by atoms with Crippen LogP contribution in [0.4, 0.5) is 0 Å². The van der Waals surface area contributed by atoms with Crippen molar-refractivity contribution in [3.05, 3.63) is 0 Å². The zero-order chi connectivity index (χ0) is 6.97. The Balaban J connectivity index is 2.03. The molecular weight excluding hydrogens is 126 g/mol. The molecule has 2 atom stereocenters. The maximum absolute atomic E-state index is 5.42. The Kier molecular flexibility index (Phi) is 1.66. The molecule has 0 radical (unpaired) electrons. The van der Waals surface area contributed by atoms with E-state index in [1.807, 2.05) is 0 Å². The standard InChI is InChI=1S/C8H15NO/c1-9-4-2-3-7-5-10-6-8(7)9/h7-8H,2-6H2,1H3. The number of piperidine rings is 1. The Labute approximate surface area is 62.2 Å². The summed E-state index contributed by atoms with van der Waals surface area (Å²) in [6, 6.07) is 0.744. The van der Waals surface area contributed by atoms with E-state index >= 15 is 0 Å². The highest BCUT2D eigenvalue weighted by atomic mass is 16.5. The molecule has 0 bridgehead atoms. The van der Waals surface area contributed by atoms with Gasteiger partial charge in [-0.2, -0.15) is 0 Å². The molecule has 0 aliphatic carbocycles. The number of hydrogen-bond acceptors (Lipinski definition) is 2. The topological polar surface area (TPSA) is 12.5 Å². The number of hydrogen-bond donors (Lipinski definition) is 0. The van der Waals surface area contributed by atoms with Crippen LogP contribution in [0.15, 0.2) is 0 Å².